The third-order valence-corrected chi connectivity index (χ3v) is 4.86. The molecule has 0 aliphatic carbocycles. The first-order valence-electron chi connectivity index (χ1n) is 7.50. The zero-order valence-electron chi connectivity index (χ0n) is 12.6. The second-order valence-corrected chi connectivity index (χ2v) is 6.32. The molecular formula is C16H20N4OS. The summed E-state index contributed by atoms with van der Waals surface area (Å²) in [6, 6.07) is 9.72. The minimum Gasteiger partial charge on any atom is -0.317 e. The lowest BCUT2D eigenvalue weighted by molar-refractivity contribution is 0.0947. The van der Waals surface area contributed by atoms with Crippen LogP contribution < -0.4 is 15.8 Å². The van der Waals surface area contributed by atoms with Crippen LogP contribution in [0.15, 0.2) is 35.7 Å². The van der Waals surface area contributed by atoms with Crippen LogP contribution in [0.1, 0.15) is 34.3 Å². The van der Waals surface area contributed by atoms with E-state index >= 15 is 0 Å². The van der Waals surface area contributed by atoms with E-state index in [9.17, 15) is 4.79 Å². The molecule has 2 N–H and O–H groups in total. The lowest BCUT2D eigenvalue weighted by Crippen LogP contribution is -2.39. The van der Waals surface area contributed by atoms with Crippen molar-refractivity contribution in [1.82, 2.24) is 15.7 Å². The largest absolute Gasteiger partial charge is 0.317 e. The van der Waals surface area contributed by atoms with E-state index < -0.39 is 0 Å². The van der Waals surface area contributed by atoms with E-state index in [1.54, 1.807) is 16.3 Å². The van der Waals surface area contributed by atoms with E-state index in [-0.39, 0.29) is 5.91 Å². The van der Waals surface area contributed by atoms with E-state index in [1.165, 1.54) is 0 Å². The molecule has 6 heteroatoms. The molecule has 1 saturated heterocycles. The summed E-state index contributed by atoms with van der Waals surface area (Å²) in [7, 11) is 1.83. The lowest BCUT2D eigenvalue weighted by atomic mass is 9.99. The van der Waals surface area contributed by atoms with Gasteiger partial charge >= 0.3 is 0 Å². The quantitative estimate of drug-likeness (QED) is 0.851. The van der Waals surface area contributed by atoms with E-state index in [2.05, 4.69) is 15.7 Å². The molecule has 1 aromatic heterocycles. The van der Waals surface area contributed by atoms with Crippen molar-refractivity contribution in [2.24, 2.45) is 0 Å². The van der Waals surface area contributed by atoms with Gasteiger partial charge in [0.1, 0.15) is 5.69 Å². The molecule has 0 unspecified atom stereocenters. The highest BCUT2D eigenvalue weighted by Crippen LogP contribution is 2.27. The number of hydrogen-bond donors (Lipinski definition) is 2. The highest BCUT2D eigenvalue weighted by molar-refractivity contribution is 7.09. The van der Waals surface area contributed by atoms with Crippen molar-refractivity contribution in [3.63, 3.8) is 0 Å². The molecule has 5 nitrogen and oxygen atoms in total. The monoisotopic (exact) mass is 316 g/mol. The van der Waals surface area contributed by atoms with E-state index in [1.807, 2.05) is 42.8 Å². The van der Waals surface area contributed by atoms with Gasteiger partial charge in [-0.3, -0.25) is 15.2 Å². The van der Waals surface area contributed by atoms with Crippen molar-refractivity contribution >= 4 is 22.9 Å². The Morgan fingerprint density at radius 3 is 2.77 bits per heavy atom. The van der Waals surface area contributed by atoms with Crippen molar-refractivity contribution < 1.29 is 4.79 Å². The zero-order valence-corrected chi connectivity index (χ0v) is 13.4. The SMILES string of the molecule is CN(NC(=O)c1csc(C2CCNCC2)n1)c1ccccc1. The first-order chi connectivity index (χ1) is 10.7. The number of piperidine rings is 1. The summed E-state index contributed by atoms with van der Waals surface area (Å²) < 4.78 is 0. The first-order valence-corrected chi connectivity index (χ1v) is 8.38. The molecule has 2 heterocycles. The summed E-state index contributed by atoms with van der Waals surface area (Å²) in [5.74, 6) is 0.322. The predicted octanol–water partition coefficient (Wildman–Crippen LogP) is 2.39. The van der Waals surface area contributed by atoms with Crippen molar-refractivity contribution in [2.75, 3.05) is 25.1 Å². The number of hydrazine groups is 1. The molecule has 1 aromatic carbocycles. The maximum atomic E-state index is 12.3. The standard InChI is InChI=1S/C16H20N4OS/c1-20(13-5-3-2-4-6-13)19-15(21)14-11-22-16(18-14)12-7-9-17-10-8-12/h2-6,11-12,17H,7-10H2,1H3,(H,19,21). The molecule has 0 radical (unpaired) electrons. The number of para-hydroxylation sites is 1. The summed E-state index contributed by atoms with van der Waals surface area (Å²) in [4.78, 5) is 16.8. The second kappa shape index (κ2) is 6.89. The Labute approximate surface area is 134 Å². The summed E-state index contributed by atoms with van der Waals surface area (Å²) in [6.45, 7) is 2.06. The summed E-state index contributed by atoms with van der Waals surface area (Å²) in [5, 5.41) is 7.99. The van der Waals surface area contributed by atoms with Gasteiger partial charge in [0.25, 0.3) is 5.91 Å². The minimum absolute atomic E-state index is 0.164. The van der Waals surface area contributed by atoms with Gasteiger partial charge in [0.15, 0.2) is 0 Å². The van der Waals surface area contributed by atoms with Crippen molar-refractivity contribution in [2.45, 2.75) is 18.8 Å². The molecule has 3 rings (SSSR count). The molecule has 2 aromatic rings. The molecule has 1 aliphatic heterocycles. The predicted molar refractivity (Wildman–Crippen MR) is 89.3 cm³/mol. The van der Waals surface area contributed by atoms with Crippen LogP contribution in [0.5, 0.6) is 0 Å². The topological polar surface area (TPSA) is 57.3 Å². The van der Waals surface area contributed by atoms with E-state index in [0.29, 0.717) is 11.6 Å². The Morgan fingerprint density at radius 1 is 1.32 bits per heavy atom. The van der Waals surface area contributed by atoms with Crippen LogP contribution in [-0.4, -0.2) is 31.0 Å². The maximum Gasteiger partial charge on any atom is 0.289 e. The van der Waals surface area contributed by atoms with Crippen molar-refractivity contribution in [3.8, 4) is 0 Å². The van der Waals surface area contributed by atoms with Gasteiger partial charge in [-0.15, -0.1) is 11.3 Å². The highest BCUT2D eigenvalue weighted by Gasteiger charge is 2.20. The first kappa shape index (κ1) is 15.0. The van der Waals surface area contributed by atoms with Crippen LogP contribution in [-0.2, 0) is 0 Å². The van der Waals surface area contributed by atoms with E-state index in [0.717, 1.165) is 36.6 Å². The molecule has 22 heavy (non-hydrogen) atoms. The van der Waals surface area contributed by atoms with Crippen LogP contribution in [0, 0.1) is 0 Å². The normalized spacial score (nSPS) is 15.5. The number of carbonyl (C=O) groups excluding carboxylic acids is 1. The third kappa shape index (κ3) is 3.45. The number of thiazole rings is 1. The zero-order chi connectivity index (χ0) is 15.4. The lowest BCUT2D eigenvalue weighted by Gasteiger charge is -2.20. The van der Waals surface area contributed by atoms with Gasteiger partial charge in [-0.2, -0.15) is 0 Å². The second-order valence-electron chi connectivity index (χ2n) is 5.43. The van der Waals surface area contributed by atoms with Gasteiger partial charge in [-0.05, 0) is 38.1 Å². The molecule has 1 fully saturated rings. The molecule has 0 saturated carbocycles. The number of anilines is 1. The molecule has 0 bridgehead atoms. The molecular weight excluding hydrogens is 296 g/mol. The number of hydrogen-bond acceptors (Lipinski definition) is 5. The van der Waals surface area contributed by atoms with Crippen LogP contribution in [0.3, 0.4) is 0 Å². The number of nitrogens with one attached hydrogen (secondary N) is 2. The Morgan fingerprint density at radius 2 is 2.05 bits per heavy atom. The Hall–Kier alpha value is -1.92. The minimum atomic E-state index is -0.164. The fourth-order valence-electron chi connectivity index (χ4n) is 2.57. The maximum absolute atomic E-state index is 12.3. The Bertz CT molecular complexity index is 622. The van der Waals surface area contributed by atoms with Gasteiger partial charge in [0.2, 0.25) is 0 Å². The smallest absolute Gasteiger partial charge is 0.289 e. The van der Waals surface area contributed by atoms with Gasteiger partial charge in [0.05, 0.1) is 10.7 Å². The average molecular weight is 316 g/mol. The van der Waals surface area contributed by atoms with Gasteiger partial charge in [-0.25, -0.2) is 4.98 Å². The van der Waals surface area contributed by atoms with Crippen molar-refractivity contribution in [1.29, 1.82) is 0 Å². The number of amides is 1. The molecule has 1 aliphatic rings. The third-order valence-electron chi connectivity index (χ3n) is 3.86. The summed E-state index contributed by atoms with van der Waals surface area (Å²) in [6.07, 6.45) is 2.19. The molecule has 1 amide bonds. The highest BCUT2D eigenvalue weighted by atomic mass is 32.1. The van der Waals surface area contributed by atoms with Gasteiger partial charge in [0, 0.05) is 18.3 Å². The van der Waals surface area contributed by atoms with Crippen LogP contribution in [0.25, 0.3) is 0 Å². The number of rotatable bonds is 4. The number of carbonyl (C=O) groups is 1. The summed E-state index contributed by atoms with van der Waals surface area (Å²) in [5.41, 5.74) is 4.29. The Kier molecular flexibility index (Phi) is 4.70. The van der Waals surface area contributed by atoms with Gasteiger partial charge < -0.3 is 5.32 Å². The van der Waals surface area contributed by atoms with Gasteiger partial charge in [-0.1, -0.05) is 18.2 Å². The molecule has 116 valence electrons. The van der Waals surface area contributed by atoms with Crippen LogP contribution in [0.2, 0.25) is 0 Å². The van der Waals surface area contributed by atoms with Crippen LogP contribution >= 0.6 is 11.3 Å². The van der Waals surface area contributed by atoms with Crippen molar-refractivity contribution in [3.05, 3.63) is 46.4 Å². The average Bonchev–Trinajstić information content (AvgIpc) is 3.06. The molecule has 0 atom stereocenters. The fourth-order valence-corrected chi connectivity index (χ4v) is 3.55. The fraction of sp³-hybridized carbons (Fsp3) is 0.375. The van der Waals surface area contributed by atoms with E-state index in [4.69, 9.17) is 0 Å². The molecule has 0 spiro atoms. The van der Waals surface area contributed by atoms with Crippen LogP contribution in [0.4, 0.5) is 5.69 Å². The number of benzene rings is 1. The number of nitrogens with zero attached hydrogens (tertiary/aromatic N) is 2. The Balaban J connectivity index is 1.64. The summed E-state index contributed by atoms with van der Waals surface area (Å²) >= 11 is 1.59. The number of aromatic nitrogens is 1.